The van der Waals surface area contributed by atoms with Crippen molar-refractivity contribution >= 4 is 12.4 Å². The van der Waals surface area contributed by atoms with Crippen molar-refractivity contribution in [3.05, 3.63) is 29.8 Å². The third-order valence-corrected chi connectivity index (χ3v) is 1.81. The van der Waals surface area contributed by atoms with E-state index < -0.39 is 5.97 Å². The molecule has 0 N–H and O–H groups in total. The fourth-order valence-corrected chi connectivity index (χ4v) is 1.09. The Labute approximate surface area is 94.2 Å². The first-order valence-corrected chi connectivity index (χ1v) is 4.95. The maximum Gasteiger partial charge on any atom is 0.423 e. The van der Waals surface area contributed by atoms with Crippen LogP contribution in [0.3, 0.4) is 0 Å². The first-order chi connectivity index (χ1) is 7.65. The predicted molar refractivity (Wildman–Crippen MR) is 57.9 cm³/mol. The van der Waals surface area contributed by atoms with Crippen LogP contribution in [-0.4, -0.2) is 19.0 Å². The number of hydrogen-bond donors (Lipinski definition) is 0. The van der Waals surface area contributed by atoms with Gasteiger partial charge in [-0.05, 0) is 18.1 Å². The molecule has 0 aliphatic heterocycles. The lowest BCUT2D eigenvalue weighted by Gasteiger charge is -2.08. The van der Waals surface area contributed by atoms with Gasteiger partial charge < -0.3 is 9.47 Å². The summed E-state index contributed by atoms with van der Waals surface area (Å²) in [5.74, 6) is -0.0829. The molecule has 1 aromatic rings. The zero-order valence-corrected chi connectivity index (χ0v) is 9.23. The van der Waals surface area contributed by atoms with Crippen LogP contribution in [0.1, 0.15) is 24.2 Å². The van der Waals surface area contributed by atoms with Crippen LogP contribution in [0.15, 0.2) is 24.3 Å². The van der Waals surface area contributed by atoms with Crippen LogP contribution in [0.4, 0.5) is 0 Å². The van der Waals surface area contributed by atoms with E-state index in [1.165, 1.54) is 18.6 Å². The fourth-order valence-electron chi connectivity index (χ4n) is 1.09. The molecule has 0 aromatic heterocycles. The highest BCUT2D eigenvalue weighted by Gasteiger charge is 2.14. The zero-order valence-electron chi connectivity index (χ0n) is 9.23. The zero-order chi connectivity index (χ0) is 12.0. The van der Waals surface area contributed by atoms with Crippen molar-refractivity contribution < 1.29 is 19.1 Å². The molecule has 1 aromatic carbocycles. The fraction of sp³-hybridized carbons (Fsp3) is 0.333. The second kappa shape index (κ2) is 5.90. The van der Waals surface area contributed by atoms with Crippen LogP contribution in [-0.2, 0) is 9.53 Å². The monoisotopic (exact) mass is 221 g/mol. The van der Waals surface area contributed by atoms with E-state index in [4.69, 9.17) is 4.74 Å². The van der Waals surface area contributed by atoms with Crippen molar-refractivity contribution in [1.82, 2.24) is 0 Å². The van der Waals surface area contributed by atoms with Crippen molar-refractivity contribution in [2.24, 2.45) is 5.92 Å². The van der Waals surface area contributed by atoms with Gasteiger partial charge in [-0.3, -0.25) is 0 Å². The van der Waals surface area contributed by atoms with Crippen molar-refractivity contribution in [2.75, 3.05) is 6.61 Å². The van der Waals surface area contributed by atoms with Gasteiger partial charge in [0.05, 0.1) is 6.61 Å². The van der Waals surface area contributed by atoms with E-state index in [0.29, 0.717) is 6.61 Å². The Morgan fingerprint density at radius 1 is 1.38 bits per heavy atom. The van der Waals surface area contributed by atoms with Crippen LogP contribution in [0.2, 0.25) is 0 Å². The Hall–Kier alpha value is -1.84. The molecule has 0 unspecified atom stereocenters. The minimum absolute atomic E-state index is 0.159. The van der Waals surface area contributed by atoms with E-state index in [0.717, 1.165) is 0 Å². The van der Waals surface area contributed by atoms with Gasteiger partial charge >= 0.3 is 12.4 Å². The van der Waals surface area contributed by atoms with Crippen molar-refractivity contribution in [3.8, 4) is 5.75 Å². The molecule has 0 atom stereocenters. The summed E-state index contributed by atoms with van der Waals surface area (Å²) in [7, 11) is 0. The molecule has 85 valence electrons. The summed E-state index contributed by atoms with van der Waals surface area (Å²) in [6, 6.07) is 6.38. The standard InChI is InChI=1S/C12H13O4/c1-9(2)7-15-12(14)10-5-3-4-6-11(10)16-8-13/h3-6,9H,7H2,1-2H3. The van der Waals surface area contributed by atoms with E-state index in [1.54, 1.807) is 12.1 Å². The molecule has 1 radical (unpaired) electrons. The van der Waals surface area contributed by atoms with E-state index in [2.05, 4.69) is 4.74 Å². The molecule has 4 nitrogen and oxygen atoms in total. The summed E-state index contributed by atoms with van der Waals surface area (Å²) in [4.78, 5) is 21.7. The molecule has 0 saturated carbocycles. The lowest BCUT2D eigenvalue weighted by atomic mass is 10.2. The van der Waals surface area contributed by atoms with Crippen LogP contribution in [0, 0.1) is 5.92 Å². The molecule has 16 heavy (non-hydrogen) atoms. The summed E-state index contributed by atoms with van der Waals surface area (Å²) >= 11 is 0. The van der Waals surface area contributed by atoms with Gasteiger partial charge in [0.2, 0.25) is 0 Å². The molecule has 0 heterocycles. The maximum absolute atomic E-state index is 11.6. The molecule has 0 aliphatic rings. The van der Waals surface area contributed by atoms with Crippen LogP contribution in [0.25, 0.3) is 0 Å². The summed E-state index contributed by atoms with van der Waals surface area (Å²) in [6.45, 7) is 5.50. The minimum atomic E-state index is -0.500. The molecule has 0 amide bonds. The van der Waals surface area contributed by atoms with E-state index in [1.807, 2.05) is 13.8 Å². The molecule has 0 saturated heterocycles. The highest BCUT2D eigenvalue weighted by Crippen LogP contribution is 2.18. The Morgan fingerprint density at radius 2 is 2.06 bits per heavy atom. The van der Waals surface area contributed by atoms with E-state index >= 15 is 0 Å². The third kappa shape index (κ3) is 3.38. The lowest BCUT2D eigenvalue weighted by molar-refractivity contribution is 0.0456. The smallest absolute Gasteiger partial charge is 0.423 e. The Bertz CT molecular complexity index is 371. The Kier molecular flexibility index (Phi) is 4.51. The predicted octanol–water partition coefficient (Wildman–Crippen LogP) is 1.95. The molecule has 0 fully saturated rings. The summed E-state index contributed by atoms with van der Waals surface area (Å²) in [5.41, 5.74) is 0.228. The first-order valence-electron chi connectivity index (χ1n) is 4.95. The summed E-state index contributed by atoms with van der Waals surface area (Å²) < 4.78 is 9.59. The number of carbonyl (C=O) groups is 1. The molecular formula is C12H13O4. The number of rotatable bonds is 5. The number of benzene rings is 1. The molecule has 0 aliphatic carbocycles. The van der Waals surface area contributed by atoms with Gasteiger partial charge in [-0.2, -0.15) is 0 Å². The first kappa shape index (κ1) is 12.2. The van der Waals surface area contributed by atoms with Crippen molar-refractivity contribution in [1.29, 1.82) is 0 Å². The number of carbonyl (C=O) groups excluding carboxylic acids is 2. The normalized spacial score (nSPS) is 9.94. The average Bonchev–Trinajstić information content (AvgIpc) is 2.27. The van der Waals surface area contributed by atoms with Crippen LogP contribution in [0.5, 0.6) is 5.75 Å². The second-order valence-electron chi connectivity index (χ2n) is 3.67. The summed E-state index contributed by atoms with van der Waals surface area (Å²) in [6.07, 6.45) is 0. The lowest BCUT2D eigenvalue weighted by Crippen LogP contribution is -2.11. The van der Waals surface area contributed by atoms with Gasteiger partial charge in [0, 0.05) is 0 Å². The number of para-hydroxylation sites is 1. The van der Waals surface area contributed by atoms with Crippen LogP contribution >= 0.6 is 0 Å². The minimum Gasteiger partial charge on any atom is -0.462 e. The highest BCUT2D eigenvalue weighted by atomic mass is 16.5. The van der Waals surface area contributed by atoms with E-state index in [-0.39, 0.29) is 17.2 Å². The van der Waals surface area contributed by atoms with Gasteiger partial charge in [0.15, 0.2) is 0 Å². The Morgan fingerprint density at radius 3 is 2.69 bits per heavy atom. The molecular weight excluding hydrogens is 208 g/mol. The number of ether oxygens (including phenoxy) is 2. The van der Waals surface area contributed by atoms with Gasteiger partial charge in [-0.25, -0.2) is 9.59 Å². The molecule has 4 heteroatoms. The summed E-state index contributed by atoms with van der Waals surface area (Å²) in [5, 5.41) is 0. The van der Waals surface area contributed by atoms with Gasteiger partial charge in [-0.1, -0.05) is 26.0 Å². The Balaban J connectivity index is 2.77. The third-order valence-electron chi connectivity index (χ3n) is 1.81. The van der Waals surface area contributed by atoms with Crippen molar-refractivity contribution in [3.63, 3.8) is 0 Å². The van der Waals surface area contributed by atoms with Crippen molar-refractivity contribution in [2.45, 2.75) is 13.8 Å². The second-order valence-corrected chi connectivity index (χ2v) is 3.67. The van der Waals surface area contributed by atoms with E-state index in [9.17, 15) is 9.59 Å². The van der Waals surface area contributed by atoms with Gasteiger partial charge in [0.25, 0.3) is 0 Å². The molecule has 0 spiro atoms. The molecule has 0 bridgehead atoms. The SMILES string of the molecule is CC(C)COC(=O)c1ccccc1O[C]=O. The number of esters is 1. The van der Waals surface area contributed by atoms with Gasteiger partial charge in [0.1, 0.15) is 11.3 Å². The average molecular weight is 221 g/mol. The highest BCUT2D eigenvalue weighted by molar-refractivity contribution is 5.92. The largest absolute Gasteiger partial charge is 0.462 e. The maximum atomic E-state index is 11.6. The van der Waals surface area contributed by atoms with Gasteiger partial charge in [-0.15, -0.1) is 0 Å². The quantitative estimate of drug-likeness (QED) is 0.713. The topological polar surface area (TPSA) is 52.6 Å². The molecule has 1 rings (SSSR count). The number of hydrogen-bond acceptors (Lipinski definition) is 4. The van der Waals surface area contributed by atoms with Crippen LogP contribution < -0.4 is 4.74 Å².